The summed E-state index contributed by atoms with van der Waals surface area (Å²) < 4.78 is 0. The molecule has 0 aliphatic heterocycles. The number of aromatic nitrogens is 2. The van der Waals surface area contributed by atoms with Crippen molar-refractivity contribution in [3.63, 3.8) is 0 Å². The number of amides is 1. The number of benzene rings is 1. The van der Waals surface area contributed by atoms with E-state index in [-0.39, 0.29) is 17.7 Å². The first-order valence-electron chi connectivity index (χ1n) is 8.90. The average Bonchev–Trinajstić information content (AvgIpc) is 2.66. The van der Waals surface area contributed by atoms with Crippen LogP contribution < -0.4 is 10.2 Å². The van der Waals surface area contributed by atoms with Crippen molar-refractivity contribution in [3.8, 4) is 0 Å². The molecule has 27 heavy (non-hydrogen) atoms. The fourth-order valence-electron chi connectivity index (χ4n) is 3.27. The normalized spacial score (nSPS) is 16.0. The summed E-state index contributed by atoms with van der Waals surface area (Å²) in [7, 11) is 1.81. The maximum Gasteiger partial charge on any atom is 0.252 e. The number of hydrogen-bond acceptors (Lipinski definition) is 5. The van der Waals surface area contributed by atoms with Crippen molar-refractivity contribution < 1.29 is 9.90 Å². The van der Waals surface area contributed by atoms with Gasteiger partial charge in [0.05, 0.1) is 16.2 Å². The molecule has 0 saturated heterocycles. The zero-order valence-corrected chi connectivity index (χ0v) is 16.6. The summed E-state index contributed by atoms with van der Waals surface area (Å²) in [5.41, 5.74) is 0.253. The number of halogens is 2. The number of carbonyl (C=O) groups excluding carboxylic acids is 1. The quantitative estimate of drug-likeness (QED) is 0.731. The first-order valence-corrected chi connectivity index (χ1v) is 9.66. The van der Waals surface area contributed by atoms with Gasteiger partial charge in [-0.15, -0.1) is 0 Å². The fraction of sp³-hybridized carbons (Fsp3) is 0.421. The van der Waals surface area contributed by atoms with Gasteiger partial charge in [0.2, 0.25) is 5.28 Å². The van der Waals surface area contributed by atoms with Gasteiger partial charge in [0.1, 0.15) is 5.82 Å². The average molecular weight is 409 g/mol. The summed E-state index contributed by atoms with van der Waals surface area (Å²) in [5.74, 6) is 0.287. The van der Waals surface area contributed by atoms with E-state index in [9.17, 15) is 9.90 Å². The van der Waals surface area contributed by atoms with Crippen LogP contribution in [-0.4, -0.2) is 40.2 Å². The van der Waals surface area contributed by atoms with Gasteiger partial charge < -0.3 is 15.3 Å². The molecule has 1 aromatic heterocycles. The van der Waals surface area contributed by atoms with Crippen LogP contribution in [0.5, 0.6) is 0 Å². The van der Waals surface area contributed by atoms with Gasteiger partial charge in [0.25, 0.3) is 5.91 Å². The monoisotopic (exact) mass is 408 g/mol. The third-order valence-corrected chi connectivity index (χ3v) is 5.41. The first-order chi connectivity index (χ1) is 12.9. The highest BCUT2D eigenvalue weighted by Gasteiger charge is 2.29. The Kier molecular flexibility index (Phi) is 6.19. The van der Waals surface area contributed by atoms with Crippen LogP contribution in [0.25, 0.3) is 0 Å². The third-order valence-electron chi connectivity index (χ3n) is 4.90. The van der Waals surface area contributed by atoms with Crippen LogP contribution in [0, 0.1) is 0 Å². The van der Waals surface area contributed by atoms with Crippen LogP contribution in [0.4, 0.5) is 11.5 Å². The van der Waals surface area contributed by atoms with Gasteiger partial charge in [-0.3, -0.25) is 4.79 Å². The minimum absolute atomic E-state index is 0.145. The van der Waals surface area contributed by atoms with E-state index in [1.54, 1.807) is 35.4 Å². The fourth-order valence-corrected chi connectivity index (χ4v) is 3.61. The standard InChI is InChI=1S/C19H22Cl2N4O2/c1-25(16-7-10-22-18(21)24-16)13-5-6-15(20)14(11-13)17(26)23-12-19(27)8-3-2-4-9-19/h5-7,10-11,27H,2-4,8-9,12H2,1H3,(H,23,26). The molecule has 1 aliphatic rings. The topological polar surface area (TPSA) is 78.4 Å². The minimum Gasteiger partial charge on any atom is -0.388 e. The number of nitrogens with zero attached hydrogens (tertiary/aromatic N) is 3. The number of anilines is 2. The van der Waals surface area contributed by atoms with Crippen molar-refractivity contribution in [2.24, 2.45) is 0 Å². The lowest BCUT2D eigenvalue weighted by atomic mass is 9.85. The second-order valence-electron chi connectivity index (χ2n) is 6.87. The molecule has 1 fully saturated rings. The summed E-state index contributed by atoms with van der Waals surface area (Å²) >= 11 is 12.1. The van der Waals surface area contributed by atoms with E-state index < -0.39 is 5.60 Å². The summed E-state index contributed by atoms with van der Waals surface area (Å²) in [6.45, 7) is 0.226. The molecule has 2 aromatic rings. The Morgan fingerprint density at radius 3 is 2.70 bits per heavy atom. The molecule has 1 saturated carbocycles. The molecule has 8 heteroatoms. The van der Waals surface area contributed by atoms with E-state index in [4.69, 9.17) is 23.2 Å². The van der Waals surface area contributed by atoms with Crippen LogP contribution in [0.3, 0.4) is 0 Å². The molecule has 1 heterocycles. The Labute approximate surface area is 168 Å². The van der Waals surface area contributed by atoms with Gasteiger partial charge >= 0.3 is 0 Å². The molecule has 1 amide bonds. The van der Waals surface area contributed by atoms with Crippen molar-refractivity contribution >= 4 is 40.6 Å². The minimum atomic E-state index is -0.827. The Balaban J connectivity index is 1.75. The van der Waals surface area contributed by atoms with E-state index in [0.717, 1.165) is 24.9 Å². The SMILES string of the molecule is CN(c1ccc(Cl)c(C(=O)NCC2(O)CCCCC2)c1)c1ccnc(Cl)n1. The lowest BCUT2D eigenvalue weighted by molar-refractivity contribution is 0.00526. The number of hydrogen-bond donors (Lipinski definition) is 2. The van der Waals surface area contributed by atoms with E-state index in [1.165, 1.54) is 0 Å². The maximum atomic E-state index is 12.6. The van der Waals surface area contributed by atoms with Gasteiger partial charge in [-0.1, -0.05) is 30.9 Å². The summed E-state index contributed by atoms with van der Waals surface area (Å²) in [6.07, 6.45) is 6.07. The van der Waals surface area contributed by atoms with E-state index in [2.05, 4.69) is 15.3 Å². The molecule has 6 nitrogen and oxygen atoms in total. The first kappa shape index (κ1) is 19.9. The maximum absolute atomic E-state index is 12.6. The number of carbonyl (C=O) groups is 1. The second kappa shape index (κ2) is 8.42. The Morgan fingerprint density at radius 1 is 1.26 bits per heavy atom. The van der Waals surface area contributed by atoms with E-state index in [1.807, 2.05) is 7.05 Å². The van der Waals surface area contributed by atoms with E-state index in [0.29, 0.717) is 29.2 Å². The van der Waals surface area contributed by atoms with Crippen molar-refractivity contribution in [2.45, 2.75) is 37.7 Å². The number of rotatable bonds is 5. The molecule has 0 spiro atoms. The van der Waals surface area contributed by atoms with Crippen molar-refractivity contribution in [1.29, 1.82) is 0 Å². The lowest BCUT2D eigenvalue weighted by Crippen LogP contribution is -2.44. The highest BCUT2D eigenvalue weighted by molar-refractivity contribution is 6.34. The van der Waals surface area contributed by atoms with Gasteiger partial charge in [-0.05, 0) is 48.7 Å². The van der Waals surface area contributed by atoms with Crippen LogP contribution >= 0.6 is 23.2 Å². The summed E-state index contributed by atoms with van der Waals surface area (Å²) in [4.78, 5) is 22.5. The van der Waals surface area contributed by atoms with Gasteiger partial charge in [-0.2, -0.15) is 0 Å². The Hall–Kier alpha value is -1.89. The second-order valence-corrected chi connectivity index (χ2v) is 7.62. The zero-order chi connectivity index (χ0) is 19.4. The van der Waals surface area contributed by atoms with Gasteiger partial charge in [-0.25, -0.2) is 9.97 Å². The molecule has 0 unspecified atom stereocenters. The highest BCUT2D eigenvalue weighted by Crippen LogP contribution is 2.29. The van der Waals surface area contributed by atoms with Crippen molar-refractivity contribution in [3.05, 3.63) is 46.3 Å². The molecule has 144 valence electrons. The smallest absolute Gasteiger partial charge is 0.252 e. The van der Waals surface area contributed by atoms with E-state index >= 15 is 0 Å². The molecule has 0 atom stereocenters. The highest BCUT2D eigenvalue weighted by atomic mass is 35.5. The molecule has 1 aromatic carbocycles. The number of nitrogens with one attached hydrogen (secondary N) is 1. The molecule has 3 rings (SSSR count). The van der Waals surface area contributed by atoms with Gasteiger partial charge in [0, 0.05) is 25.5 Å². The molecular weight excluding hydrogens is 387 g/mol. The van der Waals surface area contributed by atoms with Crippen LogP contribution in [-0.2, 0) is 0 Å². The lowest BCUT2D eigenvalue weighted by Gasteiger charge is -2.32. The zero-order valence-electron chi connectivity index (χ0n) is 15.1. The summed E-state index contributed by atoms with van der Waals surface area (Å²) in [6, 6.07) is 6.88. The van der Waals surface area contributed by atoms with Crippen LogP contribution in [0.2, 0.25) is 10.3 Å². The molecule has 2 N–H and O–H groups in total. The molecule has 0 radical (unpaired) electrons. The van der Waals surface area contributed by atoms with Crippen LogP contribution in [0.15, 0.2) is 30.5 Å². The van der Waals surface area contributed by atoms with Crippen LogP contribution in [0.1, 0.15) is 42.5 Å². The van der Waals surface area contributed by atoms with Crippen molar-refractivity contribution in [2.75, 3.05) is 18.5 Å². The van der Waals surface area contributed by atoms with Crippen molar-refractivity contribution in [1.82, 2.24) is 15.3 Å². The predicted octanol–water partition coefficient (Wildman–Crippen LogP) is 3.98. The largest absolute Gasteiger partial charge is 0.388 e. The Bertz CT molecular complexity index is 825. The predicted molar refractivity (Wildman–Crippen MR) is 107 cm³/mol. The molecule has 1 aliphatic carbocycles. The third kappa shape index (κ3) is 4.89. The molecular formula is C19H22Cl2N4O2. The summed E-state index contributed by atoms with van der Waals surface area (Å²) in [5, 5.41) is 13.9. The molecule has 0 bridgehead atoms. The van der Waals surface area contributed by atoms with Gasteiger partial charge in [0.15, 0.2) is 0 Å². The number of aliphatic hydroxyl groups is 1. The Morgan fingerprint density at radius 2 is 2.00 bits per heavy atom.